The minimum absolute atomic E-state index is 0.801. The first-order chi connectivity index (χ1) is 2.27. The molecule has 0 heterocycles. The van der Waals surface area contributed by atoms with Crippen molar-refractivity contribution < 1.29 is 14.9 Å². The molecule has 0 aliphatic heterocycles. The average molecular weight is 75.0 g/mol. The molecule has 0 rings (SSSR count). The molecule has 0 aromatic heterocycles. The first-order valence-corrected chi connectivity index (χ1v) is 1.07. The van der Waals surface area contributed by atoms with Gasteiger partial charge in [-0.25, -0.2) is 0 Å². The predicted molar refractivity (Wildman–Crippen MR) is 11.8 cm³/mol. The van der Waals surface area contributed by atoms with E-state index in [9.17, 15) is 4.79 Å². The van der Waals surface area contributed by atoms with Gasteiger partial charge in [-0.1, -0.05) is 0 Å². The van der Waals surface area contributed by atoms with Crippen molar-refractivity contribution in [3.63, 3.8) is 0 Å². The molecule has 0 N–H and O–H groups in total. The van der Waals surface area contributed by atoms with E-state index in [1.54, 1.807) is 0 Å². The Morgan fingerprint density at radius 1 is 2.00 bits per heavy atom. The summed E-state index contributed by atoms with van der Waals surface area (Å²) in [7, 11) is 0. The highest BCUT2D eigenvalue weighted by molar-refractivity contribution is 5.64. The van der Waals surface area contributed by atoms with E-state index < -0.39 is 5.97 Å². The highest BCUT2D eigenvalue weighted by Crippen LogP contribution is 1.54. The summed E-state index contributed by atoms with van der Waals surface area (Å²) in [6, 6.07) is 0. The molecule has 3 nitrogen and oxygen atoms in total. The molecule has 0 aliphatic carbocycles. The van der Waals surface area contributed by atoms with Crippen LogP contribution in [0.2, 0.25) is 0 Å². The van der Waals surface area contributed by atoms with Gasteiger partial charge in [-0.15, -0.1) is 0 Å². The molecule has 5 heavy (non-hydrogen) atoms. The second-order valence-electron chi connectivity index (χ2n) is 0.575. The van der Waals surface area contributed by atoms with E-state index in [0.29, 0.717) is 0 Å². The Kier molecular flexibility index (Phi) is 1.53. The Labute approximate surface area is 29.1 Å². The first kappa shape index (κ1) is 4.43. The van der Waals surface area contributed by atoms with Crippen molar-refractivity contribution >= 4 is 5.97 Å². The average Bonchev–Trinajstić information content (AvgIpc) is 1.38. The molecule has 0 bridgehead atoms. The summed E-state index contributed by atoms with van der Waals surface area (Å²) < 4.78 is 0. The molecule has 0 saturated heterocycles. The van der Waals surface area contributed by atoms with Crippen LogP contribution in [-0.4, -0.2) is 5.97 Å². The monoisotopic (exact) mass is 75.0 g/mol. The van der Waals surface area contributed by atoms with Gasteiger partial charge in [0, 0.05) is 6.92 Å². The van der Waals surface area contributed by atoms with Crippen molar-refractivity contribution in [3.05, 3.63) is 0 Å². The Morgan fingerprint density at radius 2 is 2.20 bits per heavy atom. The van der Waals surface area contributed by atoms with E-state index in [1.165, 1.54) is 0 Å². The van der Waals surface area contributed by atoms with Gasteiger partial charge < -0.3 is 10.1 Å². The molecule has 0 saturated carbocycles. The predicted octanol–water partition coefficient (Wildman–Crippen LogP) is -1.18. The van der Waals surface area contributed by atoms with Crippen LogP contribution in [-0.2, 0) is 9.68 Å². The van der Waals surface area contributed by atoms with E-state index in [4.69, 9.17) is 5.26 Å². The lowest BCUT2D eigenvalue weighted by Crippen LogP contribution is -2.09. The van der Waals surface area contributed by atoms with Crippen LogP contribution in [0.4, 0.5) is 0 Å². The van der Waals surface area contributed by atoms with Crippen molar-refractivity contribution in [2.24, 2.45) is 0 Å². The maximum atomic E-state index is 9.28. The third-order valence-electron chi connectivity index (χ3n) is 0.117. The molecular formula is C2H3O3-. The Morgan fingerprint density at radius 3 is 2.20 bits per heavy atom. The van der Waals surface area contributed by atoms with Gasteiger partial charge >= 0.3 is 0 Å². The van der Waals surface area contributed by atoms with Crippen molar-refractivity contribution in [1.82, 2.24) is 0 Å². The minimum Gasteiger partial charge on any atom is -0.662 e. The number of hydrogen-bond acceptors (Lipinski definition) is 3. The van der Waals surface area contributed by atoms with Crippen LogP contribution in [0.1, 0.15) is 6.92 Å². The lowest BCUT2D eigenvalue weighted by molar-refractivity contribution is -0.656. The number of rotatable bonds is 0. The van der Waals surface area contributed by atoms with Gasteiger partial charge in [0.15, 0.2) is 0 Å². The van der Waals surface area contributed by atoms with Gasteiger partial charge in [0.05, 0.1) is 0 Å². The highest BCUT2D eigenvalue weighted by Gasteiger charge is 1.71. The third kappa shape index (κ3) is 3.43. The molecule has 3 heteroatoms. The Bertz CT molecular complexity index is 40.2. The first-order valence-electron chi connectivity index (χ1n) is 1.07. The van der Waals surface area contributed by atoms with Crippen LogP contribution in [0, 0.1) is 0 Å². The maximum Gasteiger partial charge on any atom is 0.296 e. The van der Waals surface area contributed by atoms with Crippen molar-refractivity contribution in [2.75, 3.05) is 0 Å². The molecule has 0 aromatic rings. The van der Waals surface area contributed by atoms with E-state index in [1.807, 2.05) is 0 Å². The SMILES string of the molecule is CC(=O)O[O-]. The maximum absolute atomic E-state index is 9.28. The van der Waals surface area contributed by atoms with Crippen LogP contribution in [0.15, 0.2) is 0 Å². The van der Waals surface area contributed by atoms with E-state index >= 15 is 0 Å². The Hall–Kier alpha value is -0.570. The minimum atomic E-state index is -0.801. The normalized spacial score (nSPS) is 6.80. The van der Waals surface area contributed by atoms with Gasteiger partial charge in [0.2, 0.25) is 0 Å². The highest BCUT2D eigenvalue weighted by atomic mass is 17.1. The van der Waals surface area contributed by atoms with Gasteiger partial charge in [0.1, 0.15) is 0 Å². The summed E-state index contributed by atoms with van der Waals surface area (Å²) in [6.45, 7) is 1.05. The van der Waals surface area contributed by atoms with Crippen LogP contribution < -0.4 is 5.26 Å². The summed E-state index contributed by atoms with van der Waals surface area (Å²) in [5.74, 6) is -0.801. The fourth-order valence-electron chi connectivity index (χ4n) is 0. The molecule has 0 unspecified atom stereocenters. The largest absolute Gasteiger partial charge is 0.662 e. The van der Waals surface area contributed by atoms with Crippen LogP contribution in [0.25, 0.3) is 0 Å². The van der Waals surface area contributed by atoms with Gasteiger partial charge in [-0.05, 0) is 0 Å². The molecule has 30 valence electrons. The zero-order chi connectivity index (χ0) is 4.28. The smallest absolute Gasteiger partial charge is 0.296 e. The van der Waals surface area contributed by atoms with Crippen molar-refractivity contribution in [1.29, 1.82) is 0 Å². The standard InChI is InChI=1S/C2H4O3/c1-2(3)5-4/h4H,1H3/p-1. The molecule has 0 fully saturated rings. The van der Waals surface area contributed by atoms with E-state index in [0.717, 1.165) is 6.92 Å². The topological polar surface area (TPSA) is 49.4 Å². The summed E-state index contributed by atoms with van der Waals surface area (Å²) in [4.78, 5) is 12.1. The molecule has 0 amide bonds. The number of carbonyl (C=O) groups is 1. The summed E-state index contributed by atoms with van der Waals surface area (Å²) in [5, 5.41) is 8.78. The quantitative estimate of drug-likeness (QED) is 0.269. The fourth-order valence-corrected chi connectivity index (χ4v) is 0. The van der Waals surface area contributed by atoms with Crippen LogP contribution in [0.5, 0.6) is 0 Å². The van der Waals surface area contributed by atoms with E-state index in [-0.39, 0.29) is 0 Å². The lowest BCUT2D eigenvalue weighted by atomic mass is 10.9. The number of carbonyl (C=O) groups excluding carboxylic acids is 1. The zero-order valence-corrected chi connectivity index (χ0v) is 2.72. The molecule has 0 aromatic carbocycles. The Balaban J connectivity index is 2.85. The fraction of sp³-hybridized carbons (Fsp3) is 0.500. The lowest BCUT2D eigenvalue weighted by Gasteiger charge is -1.97. The van der Waals surface area contributed by atoms with Gasteiger partial charge in [-0.2, -0.15) is 0 Å². The number of hydrogen-bond donors (Lipinski definition) is 0. The third-order valence-corrected chi connectivity index (χ3v) is 0.117. The molecule has 0 atom stereocenters. The molecule has 0 spiro atoms. The summed E-state index contributed by atoms with van der Waals surface area (Å²) >= 11 is 0. The van der Waals surface area contributed by atoms with E-state index in [2.05, 4.69) is 4.89 Å². The second kappa shape index (κ2) is 1.72. The molecule has 0 radical (unpaired) electrons. The van der Waals surface area contributed by atoms with Crippen molar-refractivity contribution in [2.45, 2.75) is 6.92 Å². The second-order valence-corrected chi connectivity index (χ2v) is 0.575. The molecule has 0 aliphatic rings. The van der Waals surface area contributed by atoms with Gasteiger partial charge in [0.25, 0.3) is 5.97 Å². The zero-order valence-electron chi connectivity index (χ0n) is 2.72. The summed E-state index contributed by atoms with van der Waals surface area (Å²) in [6.07, 6.45) is 0. The molecular weight excluding hydrogens is 72.0 g/mol. The van der Waals surface area contributed by atoms with Crippen LogP contribution in [0.3, 0.4) is 0 Å². The van der Waals surface area contributed by atoms with Gasteiger partial charge in [-0.3, -0.25) is 4.79 Å². The van der Waals surface area contributed by atoms with Crippen LogP contribution >= 0.6 is 0 Å². The summed E-state index contributed by atoms with van der Waals surface area (Å²) in [5.41, 5.74) is 0. The van der Waals surface area contributed by atoms with Crippen molar-refractivity contribution in [3.8, 4) is 0 Å².